The zero-order chi connectivity index (χ0) is 6.78. The van der Waals surface area contributed by atoms with Crippen LogP contribution in [-0.2, 0) is 0 Å². The van der Waals surface area contributed by atoms with Gasteiger partial charge >= 0.3 is 0 Å². The summed E-state index contributed by atoms with van der Waals surface area (Å²) in [6.45, 7) is 1.82. The highest BCUT2D eigenvalue weighted by Crippen LogP contribution is 2.15. The lowest BCUT2D eigenvalue weighted by Crippen LogP contribution is -2.34. The smallest absolute Gasteiger partial charge is 0.214 e. The van der Waals surface area contributed by atoms with E-state index in [0.717, 1.165) is 0 Å². The molecule has 8 heavy (non-hydrogen) atoms. The highest BCUT2D eigenvalue weighted by atomic mass is 32.1. The third-order valence-corrected chi connectivity index (χ3v) is 1.46. The number of hydrogen-bond acceptors (Lipinski definition) is 4. The van der Waals surface area contributed by atoms with Crippen molar-refractivity contribution in [1.29, 1.82) is 0 Å². The van der Waals surface area contributed by atoms with Crippen molar-refractivity contribution in [3.05, 3.63) is 0 Å². The molecule has 3 nitrogen and oxygen atoms in total. The van der Waals surface area contributed by atoms with Crippen LogP contribution in [0.2, 0.25) is 0 Å². The summed E-state index contributed by atoms with van der Waals surface area (Å²) in [6, 6.07) is 0. The quantitative estimate of drug-likeness (QED) is 0.296. The summed E-state index contributed by atoms with van der Waals surface area (Å²) < 4.78 is 0. The molecule has 1 unspecified atom stereocenters. The molecule has 0 heterocycles. The van der Waals surface area contributed by atoms with E-state index in [1.54, 1.807) is 6.92 Å². The molecule has 0 fully saturated rings. The molecule has 0 aromatic rings. The van der Waals surface area contributed by atoms with E-state index in [4.69, 9.17) is 15.9 Å². The van der Waals surface area contributed by atoms with Gasteiger partial charge in [-0.1, -0.05) is 6.92 Å². The van der Waals surface area contributed by atoms with Gasteiger partial charge in [0.05, 0.1) is 0 Å². The maximum absolute atomic E-state index is 8.63. The zero-order valence-corrected chi connectivity index (χ0v) is 5.60. The normalized spacial score (nSPS) is 16.1. The molecule has 0 aliphatic rings. The summed E-state index contributed by atoms with van der Waals surface area (Å²) >= 11 is 3.46. The molecule has 0 aromatic heterocycles. The third kappa shape index (κ3) is 2.52. The number of aliphatic hydroxyl groups is 2. The molecular formula is C4H11NO2S. The van der Waals surface area contributed by atoms with Gasteiger partial charge in [-0.3, -0.25) is 0 Å². The minimum absolute atomic E-state index is 0.219. The maximum Gasteiger partial charge on any atom is 0.214 e. The SMILES string of the molecule is CC(CN)C(O)(O)S. The van der Waals surface area contributed by atoms with Crippen LogP contribution in [0.3, 0.4) is 0 Å². The molecule has 0 radical (unpaired) electrons. The van der Waals surface area contributed by atoms with Crippen molar-refractivity contribution < 1.29 is 10.2 Å². The Labute approximate surface area is 53.9 Å². The van der Waals surface area contributed by atoms with Gasteiger partial charge in [0.25, 0.3) is 0 Å². The molecule has 0 aliphatic heterocycles. The van der Waals surface area contributed by atoms with Crippen molar-refractivity contribution >= 4 is 12.6 Å². The average molecular weight is 137 g/mol. The number of rotatable bonds is 2. The van der Waals surface area contributed by atoms with Crippen LogP contribution in [0.15, 0.2) is 0 Å². The largest absolute Gasteiger partial charge is 0.357 e. The minimum Gasteiger partial charge on any atom is -0.357 e. The molecule has 0 saturated carbocycles. The standard InChI is InChI=1S/C4H11NO2S/c1-3(2-5)4(6,7)8/h3,6-8H,2,5H2,1H3. The summed E-state index contributed by atoms with van der Waals surface area (Å²) in [5.41, 5.74) is 5.09. The predicted molar refractivity (Wildman–Crippen MR) is 34.4 cm³/mol. The van der Waals surface area contributed by atoms with Crippen LogP contribution in [-0.4, -0.2) is 21.9 Å². The van der Waals surface area contributed by atoms with E-state index in [2.05, 4.69) is 12.6 Å². The van der Waals surface area contributed by atoms with Gasteiger partial charge in [-0.05, 0) is 0 Å². The molecule has 0 bridgehead atoms. The highest BCUT2D eigenvalue weighted by molar-refractivity contribution is 7.81. The van der Waals surface area contributed by atoms with E-state index in [1.165, 1.54) is 0 Å². The second-order valence-corrected chi connectivity index (χ2v) is 2.48. The Bertz CT molecular complexity index is 70.9. The summed E-state index contributed by atoms with van der Waals surface area (Å²) in [4.78, 5) is 0. The van der Waals surface area contributed by atoms with E-state index in [9.17, 15) is 0 Å². The lowest BCUT2D eigenvalue weighted by atomic mass is 10.2. The average Bonchev–Trinajstić information content (AvgIpc) is 1.62. The lowest BCUT2D eigenvalue weighted by Gasteiger charge is -2.20. The van der Waals surface area contributed by atoms with Crippen molar-refractivity contribution in [3.63, 3.8) is 0 Å². The van der Waals surface area contributed by atoms with E-state index in [0.29, 0.717) is 0 Å². The van der Waals surface area contributed by atoms with Gasteiger partial charge in [0, 0.05) is 12.5 Å². The van der Waals surface area contributed by atoms with Crippen molar-refractivity contribution in [1.82, 2.24) is 0 Å². The molecule has 50 valence electrons. The molecule has 0 saturated heterocycles. The topological polar surface area (TPSA) is 66.5 Å². The van der Waals surface area contributed by atoms with E-state index in [-0.39, 0.29) is 6.54 Å². The third-order valence-electron chi connectivity index (χ3n) is 1.01. The fourth-order valence-electron chi connectivity index (χ4n) is 0.158. The monoisotopic (exact) mass is 137 g/mol. The van der Waals surface area contributed by atoms with E-state index >= 15 is 0 Å². The van der Waals surface area contributed by atoms with Crippen molar-refractivity contribution in [3.8, 4) is 0 Å². The Kier molecular flexibility index (Phi) is 2.76. The van der Waals surface area contributed by atoms with Crippen LogP contribution >= 0.6 is 12.6 Å². The fourth-order valence-corrected chi connectivity index (χ4v) is 0.264. The Morgan fingerprint density at radius 2 is 2.12 bits per heavy atom. The summed E-state index contributed by atoms with van der Waals surface area (Å²) in [5, 5.41) is 15.3. The van der Waals surface area contributed by atoms with Gasteiger partial charge in [0.2, 0.25) is 5.12 Å². The van der Waals surface area contributed by atoms with Crippen LogP contribution in [0.25, 0.3) is 0 Å². The lowest BCUT2D eigenvalue weighted by molar-refractivity contribution is -0.109. The zero-order valence-electron chi connectivity index (χ0n) is 4.70. The van der Waals surface area contributed by atoms with E-state index < -0.39 is 11.0 Å². The Hall–Kier alpha value is 0.230. The number of hydrogen-bond donors (Lipinski definition) is 4. The van der Waals surface area contributed by atoms with Gasteiger partial charge < -0.3 is 15.9 Å². The van der Waals surface area contributed by atoms with Crippen LogP contribution in [0, 0.1) is 5.92 Å². The molecule has 0 spiro atoms. The van der Waals surface area contributed by atoms with Gasteiger partial charge in [0.1, 0.15) is 0 Å². The number of thiol groups is 1. The van der Waals surface area contributed by atoms with Crippen molar-refractivity contribution in [2.45, 2.75) is 12.0 Å². The number of nitrogens with two attached hydrogens (primary N) is 1. The second kappa shape index (κ2) is 2.68. The van der Waals surface area contributed by atoms with E-state index in [1.807, 2.05) is 0 Å². The van der Waals surface area contributed by atoms with Crippen LogP contribution in [0.5, 0.6) is 0 Å². The van der Waals surface area contributed by atoms with Gasteiger partial charge in [-0.2, -0.15) is 0 Å². The van der Waals surface area contributed by atoms with Gasteiger partial charge in [0.15, 0.2) is 0 Å². The Morgan fingerprint density at radius 3 is 2.12 bits per heavy atom. The molecular weight excluding hydrogens is 126 g/mol. The first-order valence-corrected chi connectivity index (χ1v) is 2.80. The van der Waals surface area contributed by atoms with Crippen molar-refractivity contribution in [2.24, 2.45) is 11.7 Å². The Morgan fingerprint density at radius 1 is 1.75 bits per heavy atom. The predicted octanol–water partition coefficient (Wildman–Crippen LogP) is -0.851. The van der Waals surface area contributed by atoms with Crippen molar-refractivity contribution in [2.75, 3.05) is 6.54 Å². The Balaban J connectivity index is 3.62. The molecule has 0 amide bonds. The molecule has 0 aromatic carbocycles. The molecule has 4 N–H and O–H groups in total. The van der Waals surface area contributed by atoms with Crippen LogP contribution in [0.4, 0.5) is 0 Å². The van der Waals surface area contributed by atoms with Crippen LogP contribution < -0.4 is 5.73 Å². The summed E-state index contributed by atoms with van der Waals surface area (Å²) in [6.07, 6.45) is 0. The van der Waals surface area contributed by atoms with Crippen LogP contribution in [0.1, 0.15) is 6.92 Å². The first kappa shape index (κ1) is 8.23. The molecule has 4 heteroatoms. The van der Waals surface area contributed by atoms with Gasteiger partial charge in [-0.25, -0.2) is 0 Å². The molecule has 1 atom stereocenters. The fraction of sp³-hybridized carbons (Fsp3) is 1.00. The molecule has 0 rings (SSSR count). The highest BCUT2D eigenvalue weighted by Gasteiger charge is 2.24. The maximum atomic E-state index is 8.63. The summed E-state index contributed by atoms with van der Waals surface area (Å²) in [5.74, 6) is -0.397. The second-order valence-electron chi connectivity index (χ2n) is 1.82. The minimum atomic E-state index is -1.92. The first-order chi connectivity index (χ1) is 3.48. The van der Waals surface area contributed by atoms with Gasteiger partial charge in [-0.15, -0.1) is 12.6 Å². The molecule has 0 aliphatic carbocycles. The summed E-state index contributed by atoms with van der Waals surface area (Å²) in [7, 11) is 0. The first-order valence-electron chi connectivity index (χ1n) is 2.35.